The summed E-state index contributed by atoms with van der Waals surface area (Å²) in [4.78, 5) is 13.3. The molecule has 20 heavy (non-hydrogen) atoms. The van der Waals surface area contributed by atoms with Gasteiger partial charge in [0, 0.05) is 24.8 Å². The predicted octanol–water partition coefficient (Wildman–Crippen LogP) is 3.08. The van der Waals surface area contributed by atoms with Gasteiger partial charge < -0.3 is 20.1 Å². The number of benzene rings is 1. The molecule has 0 radical (unpaired) electrons. The molecule has 1 aromatic rings. The van der Waals surface area contributed by atoms with Crippen molar-refractivity contribution in [2.24, 2.45) is 0 Å². The molecule has 5 nitrogen and oxygen atoms in total. The fraction of sp³-hybridized carbons (Fsp3) is 0.500. The number of hydrogen-bond donors (Lipinski definition) is 2. The lowest BCUT2D eigenvalue weighted by Crippen LogP contribution is -2.42. The molecule has 1 fully saturated rings. The lowest BCUT2D eigenvalue weighted by Gasteiger charge is -2.32. The molecule has 0 spiro atoms. The van der Waals surface area contributed by atoms with E-state index in [4.69, 9.17) is 16.3 Å². The summed E-state index contributed by atoms with van der Waals surface area (Å²) in [5, 5.41) is 13.1. The number of phenolic OH excluding ortho intramolecular Hbond substituents is 1. The third-order valence-corrected chi connectivity index (χ3v) is 3.64. The summed E-state index contributed by atoms with van der Waals surface area (Å²) >= 11 is 5.87. The minimum absolute atomic E-state index is 0.0781. The standard InChI is InChI=1S/C14H19ClN2O3/c1-2-20-14(19)17-7-5-10(6-8-17)16-11-3-4-13(18)12(15)9-11/h3-4,9-10,16,18H,2,5-8H2,1H3. The molecule has 1 heterocycles. The Balaban J connectivity index is 1.85. The van der Waals surface area contributed by atoms with Gasteiger partial charge in [-0.2, -0.15) is 0 Å². The van der Waals surface area contributed by atoms with Crippen LogP contribution in [0, 0.1) is 0 Å². The maximum atomic E-state index is 11.6. The molecule has 1 aromatic carbocycles. The Kier molecular flexibility index (Phi) is 4.95. The first-order valence-electron chi connectivity index (χ1n) is 6.77. The van der Waals surface area contributed by atoms with E-state index in [1.165, 1.54) is 0 Å². The van der Waals surface area contributed by atoms with Gasteiger partial charge in [0.2, 0.25) is 0 Å². The monoisotopic (exact) mass is 298 g/mol. The number of carbonyl (C=O) groups excluding carboxylic acids is 1. The third kappa shape index (κ3) is 3.70. The van der Waals surface area contributed by atoms with E-state index in [0.29, 0.717) is 30.8 Å². The van der Waals surface area contributed by atoms with Crippen molar-refractivity contribution in [1.82, 2.24) is 4.90 Å². The molecule has 0 unspecified atom stereocenters. The number of piperidine rings is 1. The van der Waals surface area contributed by atoms with Gasteiger partial charge in [0.05, 0.1) is 11.6 Å². The molecule has 0 aromatic heterocycles. The second-order valence-electron chi connectivity index (χ2n) is 4.77. The summed E-state index contributed by atoms with van der Waals surface area (Å²) < 4.78 is 4.99. The van der Waals surface area contributed by atoms with Gasteiger partial charge in [-0.1, -0.05) is 11.6 Å². The van der Waals surface area contributed by atoms with Gasteiger partial charge in [-0.15, -0.1) is 0 Å². The number of anilines is 1. The molecule has 110 valence electrons. The first-order valence-corrected chi connectivity index (χ1v) is 7.14. The molecule has 0 aliphatic carbocycles. The van der Waals surface area contributed by atoms with Gasteiger partial charge in [-0.25, -0.2) is 4.79 Å². The van der Waals surface area contributed by atoms with Crippen LogP contribution in [0.4, 0.5) is 10.5 Å². The molecule has 1 aliphatic rings. The number of hydrogen-bond acceptors (Lipinski definition) is 4. The number of likely N-dealkylation sites (tertiary alicyclic amines) is 1. The molecule has 1 amide bonds. The molecular formula is C14H19ClN2O3. The quantitative estimate of drug-likeness (QED) is 0.842. The fourth-order valence-corrected chi connectivity index (χ4v) is 2.43. The van der Waals surface area contributed by atoms with E-state index < -0.39 is 0 Å². The molecule has 1 saturated heterocycles. The van der Waals surface area contributed by atoms with Crippen LogP contribution in [0.3, 0.4) is 0 Å². The normalized spacial score (nSPS) is 16.0. The number of amides is 1. The topological polar surface area (TPSA) is 61.8 Å². The number of aromatic hydroxyl groups is 1. The van der Waals surface area contributed by atoms with Crippen molar-refractivity contribution < 1.29 is 14.6 Å². The summed E-state index contributed by atoms with van der Waals surface area (Å²) in [5.41, 5.74) is 0.877. The van der Waals surface area contributed by atoms with Crippen LogP contribution in [0.25, 0.3) is 0 Å². The molecule has 2 rings (SSSR count). The zero-order valence-corrected chi connectivity index (χ0v) is 12.2. The lowest BCUT2D eigenvalue weighted by molar-refractivity contribution is 0.0983. The Hall–Kier alpha value is -1.62. The van der Waals surface area contributed by atoms with Crippen molar-refractivity contribution in [1.29, 1.82) is 0 Å². The Morgan fingerprint density at radius 1 is 1.50 bits per heavy atom. The number of nitrogens with one attached hydrogen (secondary N) is 1. The molecule has 2 N–H and O–H groups in total. The zero-order valence-electron chi connectivity index (χ0n) is 11.4. The van der Waals surface area contributed by atoms with Crippen LogP contribution in [0.1, 0.15) is 19.8 Å². The number of ether oxygens (including phenoxy) is 1. The van der Waals surface area contributed by atoms with Gasteiger partial charge in [0.1, 0.15) is 5.75 Å². The lowest BCUT2D eigenvalue weighted by atomic mass is 10.1. The second-order valence-corrected chi connectivity index (χ2v) is 5.18. The van der Waals surface area contributed by atoms with E-state index in [9.17, 15) is 9.90 Å². The van der Waals surface area contributed by atoms with Crippen LogP contribution in [0.2, 0.25) is 5.02 Å². The van der Waals surface area contributed by atoms with Crippen molar-refractivity contribution in [3.05, 3.63) is 23.2 Å². The van der Waals surface area contributed by atoms with Crippen LogP contribution in [-0.2, 0) is 4.74 Å². The van der Waals surface area contributed by atoms with Gasteiger partial charge in [0.15, 0.2) is 0 Å². The summed E-state index contributed by atoms with van der Waals surface area (Å²) in [6.07, 6.45) is 1.48. The van der Waals surface area contributed by atoms with Crippen molar-refractivity contribution >= 4 is 23.4 Å². The second kappa shape index (κ2) is 6.70. The van der Waals surface area contributed by atoms with Crippen molar-refractivity contribution in [3.63, 3.8) is 0 Å². The minimum atomic E-state index is -0.237. The average Bonchev–Trinajstić information content (AvgIpc) is 2.44. The highest BCUT2D eigenvalue weighted by atomic mass is 35.5. The van der Waals surface area contributed by atoms with Crippen LogP contribution in [0.5, 0.6) is 5.75 Å². The van der Waals surface area contributed by atoms with Crippen LogP contribution < -0.4 is 5.32 Å². The first kappa shape index (κ1) is 14.8. The highest BCUT2D eigenvalue weighted by Gasteiger charge is 2.23. The van der Waals surface area contributed by atoms with E-state index >= 15 is 0 Å². The number of halogens is 1. The molecular weight excluding hydrogens is 280 g/mol. The highest BCUT2D eigenvalue weighted by molar-refractivity contribution is 6.32. The summed E-state index contributed by atoms with van der Waals surface area (Å²) in [6.45, 7) is 3.58. The molecule has 1 aliphatic heterocycles. The predicted molar refractivity (Wildman–Crippen MR) is 78.4 cm³/mol. The highest BCUT2D eigenvalue weighted by Crippen LogP contribution is 2.27. The van der Waals surface area contributed by atoms with Gasteiger partial charge in [-0.05, 0) is 38.0 Å². The number of phenols is 1. The molecule has 6 heteroatoms. The summed E-state index contributed by atoms with van der Waals surface area (Å²) in [5.74, 6) is 0.0781. The zero-order chi connectivity index (χ0) is 14.5. The van der Waals surface area contributed by atoms with Crippen molar-refractivity contribution in [2.45, 2.75) is 25.8 Å². The minimum Gasteiger partial charge on any atom is -0.506 e. The summed E-state index contributed by atoms with van der Waals surface area (Å²) in [7, 11) is 0. The number of nitrogens with zero attached hydrogens (tertiary/aromatic N) is 1. The molecule has 0 bridgehead atoms. The molecule has 0 saturated carbocycles. The van der Waals surface area contributed by atoms with Crippen LogP contribution >= 0.6 is 11.6 Å². The van der Waals surface area contributed by atoms with Crippen molar-refractivity contribution in [3.8, 4) is 5.75 Å². The number of rotatable bonds is 3. The Morgan fingerprint density at radius 2 is 2.20 bits per heavy atom. The van der Waals surface area contributed by atoms with Crippen molar-refractivity contribution in [2.75, 3.05) is 25.0 Å². The Labute approximate surface area is 123 Å². The number of carbonyl (C=O) groups is 1. The molecule has 0 atom stereocenters. The SMILES string of the molecule is CCOC(=O)N1CCC(Nc2ccc(O)c(Cl)c2)CC1. The smallest absolute Gasteiger partial charge is 0.409 e. The Bertz CT molecular complexity index is 473. The summed E-state index contributed by atoms with van der Waals surface area (Å²) in [6, 6.07) is 5.35. The average molecular weight is 299 g/mol. The first-order chi connectivity index (χ1) is 9.60. The fourth-order valence-electron chi connectivity index (χ4n) is 2.25. The van der Waals surface area contributed by atoms with E-state index in [1.54, 1.807) is 30.0 Å². The van der Waals surface area contributed by atoms with Gasteiger partial charge >= 0.3 is 6.09 Å². The Morgan fingerprint density at radius 3 is 2.80 bits per heavy atom. The van der Waals surface area contributed by atoms with Crippen LogP contribution in [0.15, 0.2) is 18.2 Å². The van der Waals surface area contributed by atoms with Gasteiger partial charge in [0.25, 0.3) is 0 Å². The van der Waals surface area contributed by atoms with E-state index in [1.807, 2.05) is 0 Å². The third-order valence-electron chi connectivity index (χ3n) is 3.34. The maximum absolute atomic E-state index is 11.6. The maximum Gasteiger partial charge on any atom is 0.409 e. The van der Waals surface area contributed by atoms with Crippen LogP contribution in [-0.4, -0.2) is 41.8 Å². The largest absolute Gasteiger partial charge is 0.506 e. The van der Waals surface area contributed by atoms with E-state index in [0.717, 1.165) is 18.5 Å². The van der Waals surface area contributed by atoms with Gasteiger partial charge in [-0.3, -0.25) is 0 Å². The van der Waals surface area contributed by atoms with E-state index in [2.05, 4.69) is 5.32 Å². The van der Waals surface area contributed by atoms with E-state index in [-0.39, 0.29) is 11.8 Å².